The van der Waals surface area contributed by atoms with Crippen LogP contribution in [-0.4, -0.2) is 15.0 Å². The van der Waals surface area contributed by atoms with Crippen molar-refractivity contribution in [3.63, 3.8) is 0 Å². The van der Waals surface area contributed by atoms with E-state index in [0.717, 1.165) is 20.1 Å². The topological polar surface area (TPSA) is 38.7 Å². The molecular formula is C12H11BrClN3S. The summed E-state index contributed by atoms with van der Waals surface area (Å²) in [6.07, 6.45) is 3.23. The molecule has 94 valence electrons. The molecule has 2 aromatic rings. The summed E-state index contributed by atoms with van der Waals surface area (Å²) in [6, 6.07) is 3.83. The van der Waals surface area contributed by atoms with Crippen molar-refractivity contribution in [2.24, 2.45) is 0 Å². The molecule has 0 unspecified atom stereocenters. The maximum absolute atomic E-state index is 6.13. The molecule has 0 aliphatic heterocycles. The van der Waals surface area contributed by atoms with Gasteiger partial charge in [-0.2, -0.15) is 0 Å². The molecule has 0 aliphatic carbocycles. The van der Waals surface area contributed by atoms with Crippen LogP contribution in [0.15, 0.2) is 39.2 Å². The third kappa shape index (κ3) is 3.02. The van der Waals surface area contributed by atoms with Crippen molar-refractivity contribution in [3.05, 3.63) is 39.8 Å². The van der Waals surface area contributed by atoms with Crippen LogP contribution in [0.25, 0.3) is 0 Å². The van der Waals surface area contributed by atoms with Gasteiger partial charge in [0, 0.05) is 11.8 Å². The van der Waals surface area contributed by atoms with Crippen molar-refractivity contribution in [1.29, 1.82) is 0 Å². The first-order valence-corrected chi connectivity index (χ1v) is 7.37. The van der Waals surface area contributed by atoms with Gasteiger partial charge in [-0.25, -0.2) is 15.0 Å². The highest BCUT2D eigenvalue weighted by atomic mass is 79.9. The van der Waals surface area contributed by atoms with Gasteiger partial charge in [0.05, 0.1) is 4.47 Å². The molecule has 0 amide bonds. The van der Waals surface area contributed by atoms with Gasteiger partial charge in [-0.3, -0.25) is 0 Å². The van der Waals surface area contributed by atoms with Gasteiger partial charge < -0.3 is 0 Å². The van der Waals surface area contributed by atoms with E-state index in [2.05, 4.69) is 44.7 Å². The molecule has 0 bridgehead atoms. The van der Waals surface area contributed by atoms with Gasteiger partial charge in [0.15, 0.2) is 0 Å². The Labute approximate surface area is 124 Å². The Bertz CT molecular complexity index is 563. The smallest absolute Gasteiger partial charge is 0.137 e. The zero-order valence-corrected chi connectivity index (χ0v) is 13.1. The molecule has 0 spiro atoms. The van der Waals surface area contributed by atoms with Gasteiger partial charge >= 0.3 is 0 Å². The SMILES string of the molecule is CC(C)c1c(Cl)ncnc1Sc1ncccc1Br. The molecular weight excluding hydrogens is 334 g/mol. The van der Waals surface area contributed by atoms with Crippen LogP contribution in [0.2, 0.25) is 5.15 Å². The zero-order valence-electron chi connectivity index (χ0n) is 9.89. The lowest BCUT2D eigenvalue weighted by Crippen LogP contribution is -1.98. The highest BCUT2D eigenvalue weighted by molar-refractivity contribution is 9.10. The van der Waals surface area contributed by atoms with Crippen molar-refractivity contribution < 1.29 is 0 Å². The Morgan fingerprint density at radius 3 is 2.67 bits per heavy atom. The summed E-state index contributed by atoms with van der Waals surface area (Å²) in [5.41, 5.74) is 0.960. The minimum atomic E-state index is 0.267. The monoisotopic (exact) mass is 343 g/mol. The summed E-state index contributed by atoms with van der Waals surface area (Å²) in [7, 11) is 0. The number of halogens is 2. The number of nitrogens with zero attached hydrogens (tertiary/aromatic N) is 3. The van der Waals surface area contributed by atoms with Crippen LogP contribution in [0, 0.1) is 0 Å². The van der Waals surface area contributed by atoms with Crippen molar-refractivity contribution in [3.8, 4) is 0 Å². The predicted octanol–water partition coefficient (Wildman–Crippen LogP) is 4.56. The van der Waals surface area contributed by atoms with E-state index in [0.29, 0.717) is 5.15 Å². The minimum absolute atomic E-state index is 0.267. The van der Waals surface area contributed by atoms with Crippen LogP contribution < -0.4 is 0 Å². The highest BCUT2D eigenvalue weighted by Crippen LogP contribution is 2.36. The Morgan fingerprint density at radius 2 is 2.00 bits per heavy atom. The molecule has 0 radical (unpaired) electrons. The number of rotatable bonds is 3. The molecule has 0 fully saturated rings. The number of hydrogen-bond donors (Lipinski definition) is 0. The van der Waals surface area contributed by atoms with E-state index in [1.807, 2.05) is 12.1 Å². The lowest BCUT2D eigenvalue weighted by Gasteiger charge is -2.12. The van der Waals surface area contributed by atoms with Crippen LogP contribution in [0.4, 0.5) is 0 Å². The predicted molar refractivity (Wildman–Crippen MR) is 77.2 cm³/mol. The molecule has 0 saturated carbocycles. The Kier molecular flexibility index (Phi) is 4.59. The minimum Gasteiger partial charge on any atom is -0.248 e. The van der Waals surface area contributed by atoms with Crippen LogP contribution in [0.3, 0.4) is 0 Å². The van der Waals surface area contributed by atoms with E-state index >= 15 is 0 Å². The maximum Gasteiger partial charge on any atom is 0.137 e. The molecule has 6 heteroatoms. The second kappa shape index (κ2) is 5.99. The summed E-state index contributed by atoms with van der Waals surface area (Å²) in [4.78, 5) is 12.7. The van der Waals surface area contributed by atoms with Crippen LogP contribution >= 0.6 is 39.3 Å². The highest BCUT2D eigenvalue weighted by Gasteiger charge is 2.15. The summed E-state index contributed by atoms with van der Waals surface area (Å²) < 4.78 is 0.944. The molecule has 18 heavy (non-hydrogen) atoms. The van der Waals surface area contributed by atoms with Crippen molar-refractivity contribution in [1.82, 2.24) is 15.0 Å². The Hall–Kier alpha value is -0.650. The average molecular weight is 345 g/mol. The molecule has 0 atom stereocenters. The second-order valence-corrected chi connectivity index (χ2v) is 6.12. The quantitative estimate of drug-likeness (QED) is 0.765. The zero-order chi connectivity index (χ0) is 13.1. The standard InChI is InChI=1S/C12H11BrClN3S/c1-7(2)9-10(14)16-6-17-12(9)18-11-8(13)4-3-5-15-11/h3-7H,1-2H3. The van der Waals surface area contributed by atoms with Crippen LogP contribution in [0.1, 0.15) is 25.3 Å². The number of pyridine rings is 1. The maximum atomic E-state index is 6.13. The van der Waals surface area contributed by atoms with Crippen molar-refractivity contribution >= 4 is 39.3 Å². The third-order valence-corrected chi connectivity index (χ3v) is 4.54. The van der Waals surface area contributed by atoms with E-state index in [9.17, 15) is 0 Å². The van der Waals surface area contributed by atoms with Gasteiger partial charge in [-0.05, 0) is 45.7 Å². The van der Waals surface area contributed by atoms with Crippen LogP contribution in [-0.2, 0) is 0 Å². The summed E-state index contributed by atoms with van der Waals surface area (Å²) in [6.45, 7) is 4.14. The summed E-state index contributed by atoms with van der Waals surface area (Å²) >= 11 is 11.1. The molecule has 2 rings (SSSR count). The van der Waals surface area contributed by atoms with Crippen LogP contribution in [0.5, 0.6) is 0 Å². The first-order chi connectivity index (χ1) is 8.59. The fourth-order valence-corrected chi connectivity index (χ4v) is 3.37. The van der Waals surface area contributed by atoms with E-state index in [1.54, 1.807) is 6.20 Å². The fraction of sp³-hybridized carbons (Fsp3) is 0.250. The van der Waals surface area contributed by atoms with Gasteiger partial charge in [-0.15, -0.1) is 0 Å². The molecule has 3 nitrogen and oxygen atoms in total. The first-order valence-electron chi connectivity index (χ1n) is 5.38. The van der Waals surface area contributed by atoms with Crippen molar-refractivity contribution in [2.45, 2.75) is 29.8 Å². The normalized spacial score (nSPS) is 10.9. The Balaban J connectivity index is 2.41. The van der Waals surface area contributed by atoms with Gasteiger partial charge in [0.1, 0.15) is 21.5 Å². The molecule has 0 N–H and O–H groups in total. The number of aromatic nitrogens is 3. The van der Waals surface area contributed by atoms with E-state index in [4.69, 9.17) is 11.6 Å². The van der Waals surface area contributed by atoms with E-state index in [-0.39, 0.29) is 5.92 Å². The van der Waals surface area contributed by atoms with Gasteiger partial charge in [-0.1, -0.05) is 25.4 Å². The largest absolute Gasteiger partial charge is 0.248 e. The fourth-order valence-electron chi connectivity index (χ4n) is 1.46. The second-order valence-electron chi connectivity index (χ2n) is 3.93. The summed E-state index contributed by atoms with van der Waals surface area (Å²) in [5.74, 6) is 0.267. The molecule has 2 aromatic heterocycles. The molecule has 0 aromatic carbocycles. The van der Waals surface area contributed by atoms with E-state index < -0.39 is 0 Å². The first kappa shape index (κ1) is 13.8. The van der Waals surface area contributed by atoms with Crippen molar-refractivity contribution in [2.75, 3.05) is 0 Å². The Morgan fingerprint density at radius 1 is 1.22 bits per heavy atom. The lowest BCUT2D eigenvalue weighted by molar-refractivity contribution is 0.802. The van der Waals surface area contributed by atoms with Gasteiger partial charge in [0.2, 0.25) is 0 Å². The molecule has 2 heterocycles. The average Bonchev–Trinajstić information content (AvgIpc) is 2.31. The number of hydrogen-bond acceptors (Lipinski definition) is 4. The van der Waals surface area contributed by atoms with Gasteiger partial charge in [0.25, 0.3) is 0 Å². The summed E-state index contributed by atoms with van der Waals surface area (Å²) in [5, 5.41) is 2.23. The lowest BCUT2D eigenvalue weighted by atomic mass is 10.1. The molecule has 0 saturated heterocycles. The van der Waals surface area contributed by atoms with E-state index in [1.165, 1.54) is 18.1 Å². The third-order valence-electron chi connectivity index (χ3n) is 2.29. The molecule has 0 aliphatic rings.